The number of amides is 1. The van der Waals surface area contributed by atoms with Gasteiger partial charge in [0.1, 0.15) is 5.82 Å². The normalized spacial score (nSPS) is 20.0. The van der Waals surface area contributed by atoms with Crippen LogP contribution in [0.2, 0.25) is 0 Å². The summed E-state index contributed by atoms with van der Waals surface area (Å²) in [6, 6.07) is 6.69. The third kappa shape index (κ3) is 4.19. The standard InChI is InChI=1S/C18H23FN4O.ClH/c1-11-10-15(8-9-20-11)21-18(24)17-12(2)22-23(13(17)3)16-6-4-14(19)5-7-16;/h4-7,11,15,20H,8-10H2,1-3H3,(H,21,24);1H. The fraction of sp³-hybridized carbons (Fsp3) is 0.444. The van der Waals surface area contributed by atoms with Gasteiger partial charge in [-0.1, -0.05) is 0 Å². The molecule has 2 heterocycles. The number of hydrogen-bond donors (Lipinski definition) is 2. The Balaban J connectivity index is 0.00000225. The van der Waals surface area contributed by atoms with Crippen LogP contribution in [0.25, 0.3) is 5.69 Å². The van der Waals surface area contributed by atoms with Gasteiger partial charge in [-0.25, -0.2) is 9.07 Å². The van der Waals surface area contributed by atoms with E-state index in [4.69, 9.17) is 0 Å². The van der Waals surface area contributed by atoms with Crippen molar-refractivity contribution in [2.24, 2.45) is 0 Å². The molecule has 1 aliphatic rings. The minimum atomic E-state index is -0.293. The van der Waals surface area contributed by atoms with Crippen molar-refractivity contribution in [1.29, 1.82) is 0 Å². The Hall–Kier alpha value is -1.92. The molecule has 1 aromatic carbocycles. The summed E-state index contributed by atoms with van der Waals surface area (Å²) in [5, 5.41) is 11.0. The smallest absolute Gasteiger partial charge is 0.255 e. The lowest BCUT2D eigenvalue weighted by atomic mass is 10.00. The van der Waals surface area contributed by atoms with Crippen molar-refractivity contribution in [3.05, 3.63) is 47.0 Å². The summed E-state index contributed by atoms with van der Waals surface area (Å²) in [4.78, 5) is 12.7. The number of benzene rings is 1. The van der Waals surface area contributed by atoms with Gasteiger partial charge in [-0.05, 0) is 64.4 Å². The van der Waals surface area contributed by atoms with Gasteiger partial charge >= 0.3 is 0 Å². The first-order valence-corrected chi connectivity index (χ1v) is 8.32. The lowest BCUT2D eigenvalue weighted by molar-refractivity contribution is 0.0924. The van der Waals surface area contributed by atoms with Gasteiger partial charge in [0.15, 0.2) is 0 Å². The van der Waals surface area contributed by atoms with Crippen LogP contribution in [0.1, 0.15) is 41.5 Å². The molecule has 0 spiro atoms. The Bertz CT molecular complexity index is 744. The number of nitrogens with zero attached hydrogens (tertiary/aromatic N) is 2. The Labute approximate surface area is 153 Å². The van der Waals surface area contributed by atoms with Crippen LogP contribution in [0.15, 0.2) is 24.3 Å². The molecule has 1 amide bonds. The summed E-state index contributed by atoms with van der Waals surface area (Å²) in [5.41, 5.74) is 2.78. The van der Waals surface area contributed by atoms with E-state index >= 15 is 0 Å². The molecule has 1 aliphatic heterocycles. The molecule has 0 radical (unpaired) electrons. The van der Waals surface area contributed by atoms with Gasteiger partial charge in [0.2, 0.25) is 0 Å². The van der Waals surface area contributed by atoms with Crippen molar-refractivity contribution >= 4 is 18.3 Å². The number of nitrogens with one attached hydrogen (secondary N) is 2. The van der Waals surface area contributed by atoms with Gasteiger partial charge in [0.25, 0.3) is 5.91 Å². The van der Waals surface area contributed by atoms with E-state index in [9.17, 15) is 9.18 Å². The third-order valence-corrected chi connectivity index (χ3v) is 4.55. The molecule has 2 atom stereocenters. The molecule has 0 bridgehead atoms. The second-order valence-corrected chi connectivity index (χ2v) is 6.48. The van der Waals surface area contributed by atoms with Crippen LogP contribution in [-0.4, -0.2) is 34.3 Å². The molecule has 2 N–H and O–H groups in total. The average Bonchev–Trinajstić information content (AvgIpc) is 2.83. The number of aromatic nitrogens is 2. The zero-order valence-electron chi connectivity index (χ0n) is 14.7. The maximum Gasteiger partial charge on any atom is 0.255 e. The van der Waals surface area contributed by atoms with Crippen molar-refractivity contribution in [3.63, 3.8) is 0 Å². The molecule has 0 aliphatic carbocycles. The van der Waals surface area contributed by atoms with Crippen LogP contribution in [-0.2, 0) is 0 Å². The van der Waals surface area contributed by atoms with Crippen LogP contribution in [0.3, 0.4) is 0 Å². The molecule has 2 unspecified atom stereocenters. The predicted molar refractivity (Wildman–Crippen MR) is 98.2 cm³/mol. The molecule has 1 aromatic heterocycles. The third-order valence-electron chi connectivity index (χ3n) is 4.55. The summed E-state index contributed by atoms with van der Waals surface area (Å²) in [6.45, 7) is 6.73. The molecule has 3 rings (SSSR count). The molecule has 136 valence electrons. The lowest BCUT2D eigenvalue weighted by Gasteiger charge is -2.28. The number of hydrogen-bond acceptors (Lipinski definition) is 3. The Kier molecular flexibility index (Phi) is 6.19. The molecule has 1 saturated heterocycles. The highest BCUT2D eigenvalue weighted by Gasteiger charge is 2.24. The summed E-state index contributed by atoms with van der Waals surface area (Å²) < 4.78 is 14.8. The summed E-state index contributed by atoms with van der Waals surface area (Å²) in [5.74, 6) is -0.379. The quantitative estimate of drug-likeness (QED) is 0.878. The van der Waals surface area contributed by atoms with E-state index in [0.29, 0.717) is 17.3 Å². The summed E-state index contributed by atoms with van der Waals surface area (Å²) in [7, 11) is 0. The van der Waals surface area contributed by atoms with E-state index in [0.717, 1.165) is 30.8 Å². The van der Waals surface area contributed by atoms with Gasteiger partial charge in [-0.3, -0.25) is 4.79 Å². The van der Waals surface area contributed by atoms with E-state index in [1.54, 1.807) is 16.8 Å². The van der Waals surface area contributed by atoms with Crippen LogP contribution in [0.4, 0.5) is 4.39 Å². The monoisotopic (exact) mass is 366 g/mol. The van der Waals surface area contributed by atoms with Crippen molar-refractivity contribution in [3.8, 4) is 5.69 Å². The molecule has 0 saturated carbocycles. The fourth-order valence-corrected chi connectivity index (χ4v) is 3.33. The first-order chi connectivity index (χ1) is 11.5. The van der Waals surface area contributed by atoms with Crippen LogP contribution in [0, 0.1) is 19.7 Å². The largest absolute Gasteiger partial charge is 0.349 e. The predicted octanol–water partition coefficient (Wildman–Crippen LogP) is 2.92. The van der Waals surface area contributed by atoms with Crippen molar-refractivity contribution in [2.75, 3.05) is 6.54 Å². The number of carbonyl (C=O) groups excluding carboxylic acids is 1. The maximum atomic E-state index is 13.1. The van der Waals surface area contributed by atoms with Gasteiger partial charge < -0.3 is 10.6 Å². The van der Waals surface area contributed by atoms with E-state index in [-0.39, 0.29) is 30.2 Å². The average molecular weight is 367 g/mol. The molecule has 5 nitrogen and oxygen atoms in total. The zero-order valence-corrected chi connectivity index (χ0v) is 15.5. The SMILES string of the molecule is Cc1nn(-c2ccc(F)cc2)c(C)c1C(=O)NC1CCNC(C)C1.Cl. The van der Waals surface area contributed by atoms with E-state index in [1.165, 1.54) is 12.1 Å². The van der Waals surface area contributed by atoms with E-state index in [1.807, 2.05) is 13.8 Å². The van der Waals surface area contributed by atoms with Gasteiger partial charge in [0.05, 0.1) is 22.6 Å². The molecular weight excluding hydrogens is 343 g/mol. The zero-order chi connectivity index (χ0) is 17.3. The number of piperidine rings is 1. The highest BCUT2D eigenvalue weighted by Crippen LogP contribution is 2.19. The first kappa shape index (κ1) is 19.4. The second kappa shape index (κ2) is 7.97. The Morgan fingerprint density at radius 1 is 1.32 bits per heavy atom. The van der Waals surface area contributed by atoms with Gasteiger partial charge in [-0.2, -0.15) is 5.10 Å². The highest BCUT2D eigenvalue weighted by molar-refractivity contribution is 5.96. The summed E-state index contributed by atoms with van der Waals surface area (Å²) in [6.07, 6.45) is 1.86. The topological polar surface area (TPSA) is 59.0 Å². The molecule has 2 aromatic rings. The van der Waals surface area contributed by atoms with E-state index < -0.39 is 0 Å². The first-order valence-electron chi connectivity index (χ1n) is 8.32. The number of aryl methyl sites for hydroxylation is 1. The highest BCUT2D eigenvalue weighted by atomic mass is 35.5. The second-order valence-electron chi connectivity index (χ2n) is 6.48. The van der Waals surface area contributed by atoms with Crippen molar-refractivity contribution < 1.29 is 9.18 Å². The molecule has 25 heavy (non-hydrogen) atoms. The van der Waals surface area contributed by atoms with Crippen molar-refractivity contribution in [2.45, 2.75) is 45.7 Å². The molecular formula is C18H24ClFN4O. The van der Waals surface area contributed by atoms with Crippen molar-refractivity contribution in [1.82, 2.24) is 20.4 Å². The minimum Gasteiger partial charge on any atom is -0.349 e. The molecule has 7 heteroatoms. The number of rotatable bonds is 3. The molecule has 1 fully saturated rings. The van der Waals surface area contributed by atoms with Crippen LogP contribution >= 0.6 is 12.4 Å². The fourth-order valence-electron chi connectivity index (χ4n) is 3.33. The van der Waals surface area contributed by atoms with Gasteiger partial charge in [0, 0.05) is 12.1 Å². The van der Waals surface area contributed by atoms with Gasteiger partial charge in [-0.15, -0.1) is 12.4 Å². The number of carbonyl (C=O) groups is 1. The van der Waals surface area contributed by atoms with Crippen LogP contribution in [0.5, 0.6) is 0 Å². The van der Waals surface area contributed by atoms with E-state index in [2.05, 4.69) is 22.7 Å². The number of halogens is 2. The van der Waals surface area contributed by atoms with Crippen LogP contribution < -0.4 is 10.6 Å². The lowest BCUT2D eigenvalue weighted by Crippen LogP contribution is -2.46. The Morgan fingerprint density at radius 3 is 2.64 bits per heavy atom. The Morgan fingerprint density at radius 2 is 2.00 bits per heavy atom. The maximum absolute atomic E-state index is 13.1. The summed E-state index contributed by atoms with van der Waals surface area (Å²) >= 11 is 0. The minimum absolute atomic E-state index is 0.